The number of rotatable bonds is 6. The van der Waals surface area contributed by atoms with Gasteiger partial charge in [-0.25, -0.2) is 0 Å². The Hall–Kier alpha value is 0.170. The second-order valence-electron chi connectivity index (χ2n) is 5.21. The molecule has 1 aliphatic carbocycles. The summed E-state index contributed by atoms with van der Waals surface area (Å²) in [5.41, 5.74) is 0. The highest BCUT2D eigenvalue weighted by Crippen LogP contribution is 2.20. The van der Waals surface area contributed by atoms with Crippen LogP contribution < -0.4 is 5.32 Å². The van der Waals surface area contributed by atoms with E-state index in [1.54, 1.807) is 7.11 Å². The first kappa shape index (κ1) is 15.2. The molecule has 0 bridgehead atoms. The number of methoxy groups -OCH3 is 1. The zero-order valence-electron chi connectivity index (χ0n) is 11.0. The maximum absolute atomic E-state index is 5.17. The molecule has 1 atom stereocenters. The Balaban J connectivity index is 0.00000144. The van der Waals surface area contributed by atoms with Gasteiger partial charge in [0, 0.05) is 32.3 Å². The minimum atomic E-state index is 0. The first-order chi connectivity index (χ1) is 7.90. The van der Waals surface area contributed by atoms with Gasteiger partial charge in [0.2, 0.25) is 0 Å². The van der Waals surface area contributed by atoms with E-state index in [-0.39, 0.29) is 12.4 Å². The van der Waals surface area contributed by atoms with Crippen LogP contribution in [-0.4, -0.2) is 50.3 Å². The van der Waals surface area contributed by atoms with Gasteiger partial charge < -0.3 is 10.1 Å². The Kier molecular flexibility index (Phi) is 7.44. The fraction of sp³-hybridized carbons (Fsp3) is 1.00. The molecule has 0 aromatic heterocycles. The molecule has 1 aliphatic heterocycles. The normalized spacial score (nSPS) is 26.3. The van der Waals surface area contributed by atoms with Gasteiger partial charge in [0.05, 0.1) is 6.61 Å². The molecular formula is C13H27ClN2O. The Bertz CT molecular complexity index is 198. The van der Waals surface area contributed by atoms with Crippen molar-refractivity contribution in [1.82, 2.24) is 10.2 Å². The fourth-order valence-corrected chi connectivity index (χ4v) is 3.06. The summed E-state index contributed by atoms with van der Waals surface area (Å²) in [6.07, 6.45) is 8.37. The van der Waals surface area contributed by atoms with Crippen LogP contribution in [0.15, 0.2) is 0 Å². The fourth-order valence-electron chi connectivity index (χ4n) is 3.06. The highest BCUT2D eigenvalue weighted by Gasteiger charge is 2.25. The van der Waals surface area contributed by atoms with Gasteiger partial charge in [-0.15, -0.1) is 12.4 Å². The smallest absolute Gasteiger partial charge is 0.0589 e. The molecule has 3 nitrogen and oxygen atoms in total. The zero-order chi connectivity index (χ0) is 11.2. The average molecular weight is 263 g/mol. The molecule has 0 aromatic rings. The molecule has 1 saturated heterocycles. The van der Waals surface area contributed by atoms with Crippen molar-refractivity contribution in [2.24, 2.45) is 0 Å². The van der Waals surface area contributed by atoms with Crippen molar-refractivity contribution < 1.29 is 4.74 Å². The van der Waals surface area contributed by atoms with E-state index < -0.39 is 0 Å². The Labute approximate surface area is 112 Å². The van der Waals surface area contributed by atoms with Crippen molar-refractivity contribution in [1.29, 1.82) is 0 Å². The molecule has 4 heteroatoms. The lowest BCUT2D eigenvalue weighted by Gasteiger charge is -2.25. The topological polar surface area (TPSA) is 24.5 Å². The molecule has 0 amide bonds. The highest BCUT2D eigenvalue weighted by atomic mass is 35.5. The number of likely N-dealkylation sites (tertiary alicyclic amines) is 1. The summed E-state index contributed by atoms with van der Waals surface area (Å²) in [6.45, 7) is 4.43. The van der Waals surface area contributed by atoms with Gasteiger partial charge in [-0.1, -0.05) is 12.8 Å². The molecule has 102 valence electrons. The van der Waals surface area contributed by atoms with Crippen LogP contribution in [-0.2, 0) is 4.74 Å². The lowest BCUT2D eigenvalue weighted by Crippen LogP contribution is -2.42. The van der Waals surface area contributed by atoms with E-state index in [2.05, 4.69) is 10.2 Å². The number of halogens is 1. The molecule has 2 aliphatic rings. The van der Waals surface area contributed by atoms with Gasteiger partial charge in [-0.3, -0.25) is 4.90 Å². The first-order valence-electron chi connectivity index (χ1n) is 6.86. The quantitative estimate of drug-likeness (QED) is 0.793. The third-order valence-corrected chi connectivity index (χ3v) is 4.08. The average Bonchev–Trinajstić information content (AvgIpc) is 2.94. The van der Waals surface area contributed by atoms with Gasteiger partial charge in [0.1, 0.15) is 0 Å². The van der Waals surface area contributed by atoms with Crippen LogP contribution >= 0.6 is 12.4 Å². The van der Waals surface area contributed by atoms with Crippen molar-refractivity contribution in [3.05, 3.63) is 0 Å². The third-order valence-electron chi connectivity index (χ3n) is 4.08. The largest absolute Gasteiger partial charge is 0.383 e. The Morgan fingerprint density at radius 3 is 2.65 bits per heavy atom. The molecular weight excluding hydrogens is 236 g/mol. The van der Waals surface area contributed by atoms with Gasteiger partial charge in [0.15, 0.2) is 0 Å². The Morgan fingerprint density at radius 1 is 1.18 bits per heavy atom. The number of ether oxygens (including phenoxy) is 1. The molecule has 0 radical (unpaired) electrons. The van der Waals surface area contributed by atoms with Gasteiger partial charge >= 0.3 is 0 Å². The maximum Gasteiger partial charge on any atom is 0.0589 e. The lowest BCUT2D eigenvalue weighted by molar-refractivity contribution is 0.139. The SMILES string of the molecule is COCCN1CCCC1CNC1CCCC1.Cl. The van der Waals surface area contributed by atoms with Crippen LogP contribution in [0.3, 0.4) is 0 Å². The summed E-state index contributed by atoms with van der Waals surface area (Å²) in [6, 6.07) is 1.57. The molecule has 1 saturated carbocycles. The molecule has 1 heterocycles. The second kappa shape index (κ2) is 8.30. The van der Waals surface area contributed by atoms with Crippen LogP contribution in [0.2, 0.25) is 0 Å². The number of hydrogen-bond acceptors (Lipinski definition) is 3. The van der Waals surface area contributed by atoms with Crippen molar-refractivity contribution in [2.45, 2.75) is 50.6 Å². The first-order valence-corrected chi connectivity index (χ1v) is 6.86. The van der Waals surface area contributed by atoms with Crippen LogP contribution in [0.4, 0.5) is 0 Å². The van der Waals surface area contributed by atoms with E-state index in [1.165, 1.54) is 51.6 Å². The van der Waals surface area contributed by atoms with E-state index >= 15 is 0 Å². The summed E-state index contributed by atoms with van der Waals surface area (Å²) in [4.78, 5) is 2.59. The highest BCUT2D eigenvalue weighted by molar-refractivity contribution is 5.85. The van der Waals surface area contributed by atoms with Crippen molar-refractivity contribution in [2.75, 3.05) is 33.4 Å². The van der Waals surface area contributed by atoms with Crippen LogP contribution in [0, 0.1) is 0 Å². The molecule has 0 aromatic carbocycles. The summed E-state index contributed by atoms with van der Waals surface area (Å²) in [5, 5.41) is 3.75. The predicted octanol–water partition coefficient (Wildman–Crippen LogP) is 2.05. The lowest BCUT2D eigenvalue weighted by atomic mass is 10.2. The van der Waals surface area contributed by atoms with Crippen LogP contribution in [0.1, 0.15) is 38.5 Å². The molecule has 1 unspecified atom stereocenters. The van der Waals surface area contributed by atoms with E-state index in [9.17, 15) is 0 Å². The predicted molar refractivity (Wildman–Crippen MR) is 74.0 cm³/mol. The minimum absolute atomic E-state index is 0. The number of hydrogen-bond donors (Lipinski definition) is 1. The number of nitrogens with one attached hydrogen (secondary N) is 1. The van der Waals surface area contributed by atoms with E-state index in [0.29, 0.717) is 0 Å². The molecule has 17 heavy (non-hydrogen) atoms. The van der Waals surface area contributed by atoms with Crippen LogP contribution in [0.5, 0.6) is 0 Å². The summed E-state index contributed by atoms with van der Waals surface area (Å²) in [7, 11) is 1.79. The van der Waals surface area contributed by atoms with Gasteiger partial charge in [-0.05, 0) is 32.2 Å². The summed E-state index contributed by atoms with van der Waals surface area (Å²) >= 11 is 0. The molecule has 2 rings (SSSR count). The van der Waals surface area contributed by atoms with E-state index in [4.69, 9.17) is 4.74 Å². The second-order valence-corrected chi connectivity index (χ2v) is 5.21. The van der Waals surface area contributed by atoms with Crippen molar-refractivity contribution in [3.63, 3.8) is 0 Å². The van der Waals surface area contributed by atoms with Crippen molar-refractivity contribution in [3.8, 4) is 0 Å². The van der Waals surface area contributed by atoms with Gasteiger partial charge in [-0.2, -0.15) is 0 Å². The van der Waals surface area contributed by atoms with Crippen LogP contribution in [0.25, 0.3) is 0 Å². The monoisotopic (exact) mass is 262 g/mol. The zero-order valence-corrected chi connectivity index (χ0v) is 11.8. The summed E-state index contributed by atoms with van der Waals surface area (Å²) in [5.74, 6) is 0. The molecule has 0 spiro atoms. The standard InChI is InChI=1S/C13H26N2O.ClH/c1-16-10-9-15-8-4-7-13(15)11-14-12-5-2-3-6-12;/h12-14H,2-11H2,1H3;1H. The maximum atomic E-state index is 5.17. The minimum Gasteiger partial charge on any atom is -0.383 e. The Morgan fingerprint density at radius 2 is 1.94 bits per heavy atom. The van der Waals surface area contributed by atoms with E-state index in [0.717, 1.165) is 25.2 Å². The van der Waals surface area contributed by atoms with E-state index in [1.807, 2.05) is 0 Å². The van der Waals surface area contributed by atoms with Crippen molar-refractivity contribution >= 4 is 12.4 Å². The number of nitrogens with zero attached hydrogens (tertiary/aromatic N) is 1. The van der Waals surface area contributed by atoms with Gasteiger partial charge in [0.25, 0.3) is 0 Å². The third kappa shape index (κ3) is 4.74. The molecule has 1 N–H and O–H groups in total. The molecule has 2 fully saturated rings. The summed E-state index contributed by atoms with van der Waals surface area (Å²) < 4.78 is 5.17.